The number of aryl methyl sites for hydroxylation is 4. The minimum atomic E-state index is 1.19. The van der Waals surface area contributed by atoms with Crippen molar-refractivity contribution in [3.05, 3.63) is 43.8 Å². The predicted octanol–water partition coefficient (Wildman–Crippen LogP) is 4.21. The normalized spacial score (nSPS) is 10.7. The van der Waals surface area contributed by atoms with Gasteiger partial charge in [0.25, 0.3) is 0 Å². The number of hydrogen-bond acceptors (Lipinski definition) is 2. The van der Waals surface area contributed by atoms with Crippen LogP contribution in [0.15, 0.2) is 23.6 Å². The molecule has 0 spiro atoms. The average molecular weight is 222 g/mol. The van der Waals surface area contributed by atoms with Crippen molar-refractivity contribution in [3.63, 3.8) is 0 Å². The average Bonchev–Trinajstić information content (AvgIpc) is 2.72. The van der Waals surface area contributed by atoms with Crippen molar-refractivity contribution < 1.29 is 0 Å². The summed E-state index contributed by atoms with van der Waals surface area (Å²) < 4.78 is 0. The first-order valence-corrected chi connectivity index (χ1v) is 6.53. The van der Waals surface area contributed by atoms with Gasteiger partial charge in [-0.3, -0.25) is 0 Å². The predicted molar refractivity (Wildman–Crippen MR) is 65.5 cm³/mol. The van der Waals surface area contributed by atoms with E-state index in [0.29, 0.717) is 0 Å². The zero-order valence-electron chi connectivity index (χ0n) is 8.54. The standard InChI is InChI=1S/C12H14S2/c1-9-7-8-13-12(9)6-5-11-4-3-10(2)14-11/h3-4,7-8H,5-6H2,1-2H3. The van der Waals surface area contributed by atoms with Gasteiger partial charge in [-0.25, -0.2) is 0 Å². The van der Waals surface area contributed by atoms with Crippen molar-refractivity contribution in [2.24, 2.45) is 0 Å². The second kappa shape index (κ2) is 4.28. The van der Waals surface area contributed by atoms with Gasteiger partial charge in [0.05, 0.1) is 0 Å². The third kappa shape index (κ3) is 2.25. The van der Waals surface area contributed by atoms with Gasteiger partial charge in [0.2, 0.25) is 0 Å². The van der Waals surface area contributed by atoms with Gasteiger partial charge in [0, 0.05) is 14.6 Å². The van der Waals surface area contributed by atoms with Crippen molar-refractivity contribution >= 4 is 22.7 Å². The topological polar surface area (TPSA) is 0 Å². The number of thiophene rings is 2. The van der Waals surface area contributed by atoms with E-state index in [9.17, 15) is 0 Å². The van der Waals surface area contributed by atoms with Crippen molar-refractivity contribution in [2.75, 3.05) is 0 Å². The summed E-state index contributed by atoms with van der Waals surface area (Å²) >= 11 is 3.80. The van der Waals surface area contributed by atoms with Crippen LogP contribution in [0.2, 0.25) is 0 Å². The van der Waals surface area contributed by atoms with Gasteiger partial charge in [0.1, 0.15) is 0 Å². The molecule has 0 saturated carbocycles. The Morgan fingerprint density at radius 1 is 1.07 bits per heavy atom. The minimum absolute atomic E-state index is 1.19. The van der Waals surface area contributed by atoms with Crippen LogP contribution < -0.4 is 0 Å². The van der Waals surface area contributed by atoms with E-state index in [4.69, 9.17) is 0 Å². The molecule has 0 bridgehead atoms. The molecule has 14 heavy (non-hydrogen) atoms. The zero-order valence-corrected chi connectivity index (χ0v) is 10.2. The molecule has 0 aliphatic rings. The third-order valence-corrected chi connectivity index (χ3v) is 4.51. The Hall–Kier alpha value is -0.600. The van der Waals surface area contributed by atoms with E-state index < -0.39 is 0 Å². The highest BCUT2D eigenvalue weighted by Gasteiger charge is 2.01. The van der Waals surface area contributed by atoms with E-state index in [1.54, 1.807) is 0 Å². The van der Waals surface area contributed by atoms with E-state index >= 15 is 0 Å². The molecule has 0 radical (unpaired) electrons. The van der Waals surface area contributed by atoms with Gasteiger partial charge in [-0.15, -0.1) is 22.7 Å². The molecule has 0 aromatic carbocycles. The summed E-state index contributed by atoms with van der Waals surface area (Å²) in [5.41, 5.74) is 1.45. The largest absolute Gasteiger partial charge is 0.149 e. The van der Waals surface area contributed by atoms with E-state index in [2.05, 4.69) is 37.4 Å². The Morgan fingerprint density at radius 2 is 1.93 bits per heavy atom. The van der Waals surface area contributed by atoms with Gasteiger partial charge < -0.3 is 0 Å². The summed E-state index contributed by atoms with van der Waals surface area (Å²) in [5, 5.41) is 2.18. The van der Waals surface area contributed by atoms with Crippen LogP contribution in [-0.2, 0) is 12.8 Å². The highest BCUT2D eigenvalue weighted by atomic mass is 32.1. The molecular formula is C12H14S2. The Labute approximate surface area is 93.2 Å². The van der Waals surface area contributed by atoms with Crippen LogP contribution in [0, 0.1) is 13.8 Å². The zero-order chi connectivity index (χ0) is 9.97. The van der Waals surface area contributed by atoms with Crippen LogP contribution in [0.1, 0.15) is 20.2 Å². The fourth-order valence-corrected chi connectivity index (χ4v) is 3.32. The highest BCUT2D eigenvalue weighted by molar-refractivity contribution is 7.12. The molecule has 0 N–H and O–H groups in total. The SMILES string of the molecule is Cc1ccc(CCc2sccc2C)s1. The number of hydrogen-bond donors (Lipinski definition) is 0. The molecule has 0 unspecified atom stereocenters. The molecule has 2 rings (SSSR count). The first kappa shape index (κ1) is 9.94. The van der Waals surface area contributed by atoms with Crippen LogP contribution in [0.4, 0.5) is 0 Å². The molecular weight excluding hydrogens is 208 g/mol. The van der Waals surface area contributed by atoms with Gasteiger partial charge >= 0.3 is 0 Å². The quantitative estimate of drug-likeness (QED) is 0.729. The second-order valence-electron chi connectivity index (χ2n) is 3.54. The van der Waals surface area contributed by atoms with Crippen molar-refractivity contribution in [1.82, 2.24) is 0 Å². The Balaban J connectivity index is 1.98. The molecule has 0 fully saturated rings. The summed E-state index contributed by atoms with van der Waals surface area (Å²) in [5.74, 6) is 0. The molecule has 2 heteroatoms. The van der Waals surface area contributed by atoms with E-state index in [1.807, 2.05) is 22.7 Å². The molecule has 0 nitrogen and oxygen atoms in total. The maximum Gasteiger partial charge on any atom is 0.00779 e. The molecule has 2 heterocycles. The van der Waals surface area contributed by atoms with Crippen LogP contribution in [0.3, 0.4) is 0 Å². The van der Waals surface area contributed by atoms with Crippen LogP contribution in [0.25, 0.3) is 0 Å². The van der Waals surface area contributed by atoms with Gasteiger partial charge in [0.15, 0.2) is 0 Å². The molecule has 2 aromatic rings. The van der Waals surface area contributed by atoms with Crippen molar-refractivity contribution in [1.29, 1.82) is 0 Å². The van der Waals surface area contributed by atoms with Gasteiger partial charge in [-0.2, -0.15) is 0 Å². The van der Waals surface area contributed by atoms with Crippen LogP contribution in [-0.4, -0.2) is 0 Å². The molecule has 0 amide bonds. The maximum atomic E-state index is 2.25. The van der Waals surface area contributed by atoms with Gasteiger partial charge in [-0.05, 0) is 55.8 Å². The third-order valence-electron chi connectivity index (χ3n) is 2.36. The smallest absolute Gasteiger partial charge is 0.00779 e. The maximum absolute atomic E-state index is 2.25. The molecule has 0 atom stereocenters. The first-order valence-electron chi connectivity index (χ1n) is 4.84. The second-order valence-corrected chi connectivity index (χ2v) is 5.91. The Bertz CT molecular complexity index is 409. The molecule has 0 aliphatic carbocycles. The summed E-state index contributed by atoms with van der Waals surface area (Å²) in [6.07, 6.45) is 2.39. The molecule has 2 aromatic heterocycles. The van der Waals surface area contributed by atoms with Crippen LogP contribution >= 0.6 is 22.7 Å². The van der Waals surface area contributed by atoms with E-state index in [0.717, 1.165) is 0 Å². The Morgan fingerprint density at radius 3 is 2.50 bits per heavy atom. The highest BCUT2D eigenvalue weighted by Crippen LogP contribution is 2.21. The summed E-state index contributed by atoms with van der Waals surface area (Å²) in [6.45, 7) is 4.37. The lowest BCUT2D eigenvalue weighted by atomic mass is 10.2. The van der Waals surface area contributed by atoms with Crippen LogP contribution in [0.5, 0.6) is 0 Å². The lowest BCUT2D eigenvalue weighted by Crippen LogP contribution is -1.86. The number of rotatable bonds is 3. The lowest BCUT2D eigenvalue weighted by molar-refractivity contribution is 0.994. The van der Waals surface area contributed by atoms with Gasteiger partial charge in [-0.1, -0.05) is 0 Å². The fraction of sp³-hybridized carbons (Fsp3) is 0.333. The molecule has 0 saturated heterocycles. The Kier molecular flexibility index (Phi) is 3.04. The molecule has 0 aliphatic heterocycles. The van der Waals surface area contributed by atoms with Crippen molar-refractivity contribution in [3.8, 4) is 0 Å². The van der Waals surface area contributed by atoms with E-state index in [-0.39, 0.29) is 0 Å². The lowest BCUT2D eigenvalue weighted by Gasteiger charge is -1.97. The first-order chi connectivity index (χ1) is 6.75. The minimum Gasteiger partial charge on any atom is -0.149 e. The summed E-state index contributed by atoms with van der Waals surface area (Å²) in [6, 6.07) is 6.67. The monoisotopic (exact) mass is 222 g/mol. The molecule has 74 valence electrons. The summed E-state index contributed by atoms with van der Waals surface area (Å²) in [4.78, 5) is 4.47. The fourth-order valence-electron chi connectivity index (χ4n) is 1.52. The summed E-state index contributed by atoms with van der Waals surface area (Å²) in [7, 11) is 0. The van der Waals surface area contributed by atoms with Crippen molar-refractivity contribution in [2.45, 2.75) is 26.7 Å². The van der Waals surface area contributed by atoms with E-state index in [1.165, 1.54) is 33.0 Å².